The molecule has 15 heavy (non-hydrogen) atoms. The van der Waals surface area contributed by atoms with Gasteiger partial charge in [-0.3, -0.25) is 5.41 Å². The van der Waals surface area contributed by atoms with Gasteiger partial charge in [0, 0.05) is 24.8 Å². The van der Waals surface area contributed by atoms with Crippen LogP contribution in [0, 0.1) is 11.3 Å². The lowest BCUT2D eigenvalue weighted by molar-refractivity contribution is 0.250. The van der Waals surface area contributed by atoms with Crippen LogP contribution in [-0.4, -0.2) is 33.3 Å². The molecule has 1 unspecified atom stereocenters. The summed E-state index contributed by atoms with van der Waals surface area (Å²) in [6.45, 7) is 2.08. The molecule has 0 aliphatic heterocycles. The highest BCUT2D eigenvalue weighted by atomic mass is 32.2. The van der Waals surface area contributed by atoms with Crippen LogP contribution < -0.4 is 5.73 Å². The summed E-state index contributed by atoms with van der Waals surface area (Å²) in [6, 6.07) is 0. The molecule has 82 valence electrons. The van der Waals surface area contributed by atoms with E-state index in [0.29, 0.717) is 10.7 Å². The maximum absolute atomic E-state index is 8.87. The van der Waals surface area contributed by atoms with Crippen molar-refractivity contribution in [1.82, 2.24) is 9.97 Å². The van der Waals surface area contributed by atoms with Crippen LogP contribution in [0.5, 0.6) is 0 Å². The second-order valence-electron chi connectivity index (χ2n) is 3.22. The lowest BCUT2D eigenvalue weighted by atomic mass is 10.2. The standard InChI is InChI=1S/C9H14N4OS/c1-6(4-14)5-15-9-7(8(10)11)12-2-3-13-9/h2-3,6,14H,4-5H2,1H3,(H3,10,11). The van der Waals surface area contributed by atoms with Crippen molar-refractivity contribution in [3.05, 3.63) is 18.1 Å². The smallest absolute Gasteiger partial charge is 0.144 e. The van der Waals surface area contributed by atoms with Crippen molar-refractivity contribution in [2.75, 3.05) is 12.4 Å². The molecule has 4 N–H and O–H groups in total. The first-order valence-corrected chi connectivity index (χ1v) is 5.52. The first kappa shape index (κ1) is 11.9. The van der Waals surface area contributed by atoms with E-state index < -0.39 is 0 Å². The van der Waals surface area contributed by atoms with Crippen molar-refractivity contribution in [2.24, 2.45) is 11.7 Å². The van der Waals surface area contributed by atoms with Gasteiger partial charge < -0.3 is 10.8 Å². The molecule has 1 aromatic rings. The minimum atomic E-state index is -0.0812. The molecule has 0 spiro atoms. The third-order valence-electron chi connectivity index (χ3n) is 1.74. The fraction of sp³-hybridized carbons (Fsp3) is 0.444. The predicted octanol–water partition coefficient (Wildman–Crippen LogP) is 0.481. The number of nitrogens with one attached hydrogen (secondary N) is 1. The molecule has 1 aromatic heterocycles. The summed E-state index contributed by atoms with van der Waals surface area (Å²) in [5.74, 6) is 0.842. The van der Waals surface area contributed by atoms with E-state index in [2.05, 4.69) is 9.97 Å². The first-order valence-electron chi connectivity index (χ1n) is 4.54. The zero-order valence-electron chi connectivity index (χ0n) is 8.47. The molecule has 0 aliphatic carbocycles. The molecule has 0 aliphatic rings. The van der Waals surface area contributed by atoms with Crippen LogP contribution in [0.1, 0.15) is 12.6 Å². The van der Waals surface area contributed by atoms with Crippen LogP contribution in [0.15, 0.2) is 17.4 Å². The molecule has 6 heteroatoms. The molecule has 1 atom stereocenters. The van der Waals surface area contributed by atoms with Gasteiger partial charge >= 0.3 is 0 Å². The zero-order valence-corrected chi connectivity index (χ0v) is 9.29. The Morgan fingerprint density at radius 1 is 1.60 bits per heavy atom. The number of rotatable bonds is 5. The molecule has 0 aromatic carbocycles. The Hall–Kier alpha value is -1.14. The van der Waals surface area contributed by atoms with Gasteiger partial charge in [-0.05, 0) is 5.92 Å². The minimum Gasteiger partial charge on any atom is -0.396 e. The lowest BCUT2D eigenvalue weighted by Gasteiger charge is -2.08. The highest BCUT2D eigenvalue weighted by Crippen LogP contribution is 2.20. The second-order valence-corrected chi connectivity index (χ2v) is 4.23. The van der Waals surface area contributed by atoms with Crippen LogP contribution in [0.3, 0.4) is 0 Å². The van der Waals surface area contributed by atoms with Gasteiger partial charge in [0.25, 0.3) is 0 Å². The number of amidine groups is 1. The van der Waals surface area contributed by atoms with E-state index in [0.717, 1.165) is 5.75 Å². The molecule has 1 heterocycles. The summed E-state index contributed by atoms with van der Waals surface area (Å²) in [6.07, 6.45) is 3.08. The van der Waals surface area contributed by atoms with E-state index >= 15 is 0 Å². The van der Waals surface area contributed by atoms with Gasteiger partial charge in [0.2, 0.25) is 0 Å². The highest BCUT2D eigenvalue weighted by molar-refractivity contribution is 7.99. The molecule has 0 radical (unpaired) electrons. The average Bonchev–Trinajstić information content (AvgIpc) is 2.26. The number of aliphatic hydroxyl groups is 1. The Kier molecular flexibility index (Phi) is 4.51. The summed E-state index contributed by atoms with van der Waals surface area (Å²) in [4.78, 5) is 8.09. The van der Waals surface area contributed by atoms with E-state index in [4.69, 9.17) is 16.2 Å². The second kappa shape index (κ2) is 5.67. The van der Waals surface area contributed by atoms with E-state index in [-0.39, 0.29) is 18.4 Å². The number of hydrogen-bond acceptors (Lipinski definition) is 5. The van der Waals surface area contributed by atoms with Crippen molar-refractivity contribution < 1.29 is 5.11 Å². The highest BCUT2D eigenvalue weighted by Gasteiger charge is 2.10. The van der Waals surface area contributed by atoms with Crippen molar-refractivity contribution in [1.29, 1.82) is 5.41 Å². The summed E-state index contributed by atoms with van der Waals surface area (Å²) >= 11 is 1.45. The molecule has 0 saturated heterocycles. The molecule has 0 amide bonds. The number of thioether (sulfide) groups is 1. The van der Waals surface area contributed by atoms with Crippen LogP contribution in [0.2, 0.25) is 0 Å². The number of hydrogen-bond donors (Lipinski definition) is 3. The maximum Gasteiger partial charge on any atom is 0.144 e. The Bertz CT molecular complexity index is 345. The van der Waals surface area contributed by atoms with Crippen LogP contribution in [-0.2, 0) is 0 Å². The minimum absolute atomic E-state index is 0.0812. The number of nitrogens with two attached hydrogens (primary N) is 1. The van der Waals surface area contributed by atoms with Crippen molar-refractivity contribution in [2.45, 2.75) is 11.9 Å². The number of aliphatic hydroxyl groups excluding tert-OH is 1. The maximum atomic E-state index is 8.87. The number of nitrogen functional groups attached to an aromatic ring is 1. The van der Waals surface area contributed by atoms with Gasteiger partial charge in [0.15, 0.2) is 0 Å². The predicted molar refractivity (Wildman–Crippen MR) is 60.0 cm³/mol. The van der Waals surface area contributed by atoms with Gasteiger partial charge in [-0.15, -0.1) is 11.8 Å². The van der Waals surface area contributed by atoms with Crippen LogP contribution >= 0.6 is 11.8 Å². The molecule has 0 bridgehead atoms. The van der Waals surface area contributed by atoms with E-state index in [1.165, 1.54) is 18.0 Å². The van der Waals surface area contributed by atoms with Crippen molar-refractivity contribution >= 4 is 17.6 Å². The van der Waals surface area contributed by atoms with Crippen molar-refractivity contribution in [3.8, 4) is 0 Å². The third kappa shape index (κ3) is 3.49. The van der Waals surface area contributed by atoms with Crippen LogP contribution in [0.4, 0.5) is 0 Å². The normalized spacial score (nSPS) is 12.4. The summed E-state index contributed by atoms with van der Waals surface area (Å²) in [5, 5.41) is 16.8. The Morgan fingerprint density at radius 2 is 2.27 bits per heavy atom. The quantitative estimate of drug-likeness (QED) is 0.385. The SMILES string of the molecule is CC(CO)CSc1nccnc1C(=N)N. The fourth-order valence-corrected chi connectivity index (χ4v) is 1.87. The first-order chi connectivity index (χ1) is 7.15. The molecule has 0 saturated carbocycles. The number of aromatic nitrogens is 2. The molecule has 0 fully saturated rings. The van der Waals surface area contributed by atoms with E-state index in [1.54, 1.807) is 6.20 Å². The summed E-state index contributed by atoms with van der Waals surface area (Å²) < 4.78 is 0. The molecule has 1 rings (SSSR count). The molecule has 5 nitrogen and oxygen atoms in total. The Balaban J connectivity index is 2.72. The van der Waals surface area contributed by atoms with Gasteiger partial charge in [0.1, 0.15) is 16.6 Å². The largest absolute Gasteiger partial charge is 0.396 e. The van der Waals surface area contributed by atoms with Gasteiger partial charge in [0.05, 0.1) is 0 Å². The van der Waals surface area contributed by atoms with Gasteiger partial charge in [-0.1, -0.05) is 6.92 Å². The Labute approximate surface area is 92.6 Å². The van der Waals surface area contributed by atoms with Gasteiger partial charge in [-0.25, -0.2) is 9.97 Å². The third-order valence-corrected chi connectivity index (χ3v) is 3.04. The van der Waals surface area contributed by atoms with Crippen LogP contribution in [0.25, 0.3) is 0 Å². The topological polar surface area (TPSA) is 95.9 Å². The summed E-state index contributed by atoms with van der Waals surface area (Å²) in [7, 11) is 0. The average molecular weight is 226 g/mol. The van der Waals surface area contributed by atoms with Crippen molar-refractivity contribution in [3.63, 3.8) is 0 Å². The van der Waals surface area contributed by atoms with Gasteiger partial charge in [-0.2, -0.15) is 0 Å². The lowest BCUT2D eigenvalue weighted by Crippen LogP contribution is -2.15. The Morgan fingerprint density at radius 3 is 2.87 bits per heavy atom. The molecular formula is C9H14N4OS. The zero-order chi connectivity index (χ0) is 11.3. The van der Waals surface area contributed by atoms with E-state index in [1.807, 2.05) is 6.92 Å². The summed E-state index contributed by atoms with van der Waals surface area (Å²) in [5.41, 5.74) is 5.78. The fourth-order valence-electron chi connectivity index (χ4n) is 0.890. The van der Waals surface area contributed by atoms with E-state index in [9.17, 15) is 0 Å². The molecular weight excluding hydrogens is 212 g/mol. The monoisotopic (exact) mass is 226 g/mol. The number of nitrogens with zero attached hydrogens (tertiary/aromatic N) is 2.